The number of nitrogens with one attached hydrogen (secondary N) is 2. The molecular weight excluding hydrogens is 460 g/mol. The number of rotatable bonds is 5. The molecule has 2 unspecified atom stereocenters. The first-order chi connectivity index (χ1) is 17.7. The Morgan fingerprint density at radius 2 is 1.39 bits per heavy atom. The number of nitrogens with zero attached hydrogens (tertiary/aromatic N) is 2. The van der Waals surface area contributed by atoms with Crippen LogP contribution >= 0.6 is 11.3 Å². The van der Waals surface area contributed by atoms with E-state index in [0.29, 0.717) is 11.8 Å². The van der Waals surface area contributed by atoms with E-state index in [-0.39, 0.29) is 12.1 Å². The quantitative estimate of drug-likeness (QED) is 0.281. The highest BCUT2D eigenvalue weighted by Gasteiger charge is 2.45. The Kier molecular flexibility index (Phi) is 6.43. The van der Waals surface area contributed by atoms with Gasteiger partial charge in [0.1, 0.15) is 0 Å². The summed E-state index contributed by atoms with van der Waals surface area (Å²) in [6.07, 6.45) is 3.53. The van der Waals surface area contributed by atoms with Gasteiger partial charge in [-0.05, 0) is 37.8 Å². The van der Waals surface area contributed by atoms with Gasteiger partial charge in [0.2, 0.25) is 5.13 Å². The zero-order valence-electron chi connectivity index (χ0n) is 20.8. The molecule has 4 aromatic rings. The lowest BCUT2D eigenvalue weighted by atomic mass is 9.67. The molecule has 0 amide bonds. The maximum atomic E-state index is 5.11. The lowest BCUT2D eigenvalue weighted by Crippen LogP contribution is -2.50. The highest BCUT2D eigenvalue weighted by atomic mass is 32.1. The standard InChI is InChI=1S/C31H32N4S/c1-20-11-15-23(16-12-20)28-25-9-6-10-26(29(33-28)24-17-13-21(2)14-18-24)30(25)34-35-31-32-27(19-36-31)22-7-4-3-5-8-22/h3-5,7-8,11-19,25-26,28-29,33H,6,9-10H2,1-2H3,(H,32,35)/t25?,26?,28-,29+. The summed E-state index contributed by atoms with van der Waals surface area (Å²) in [7, 11) is 0. The predicted molar refractivity (Wildman–Crippen MR) is 150 cm³/mol. The van der Waals surface area contributed by atoms with Gasteiger partial charge in [-0.3, -0.25) is 5.43 Å². The second-order valence-electron chi connectivity index (χ2n) is 10.1. The van der Waals surface area contributed by atoms with Gasteiger partial charge in [-0.1, -0.05) is 96.4 Å². The fraction of sp³-hybridized carbons (Fsp3) is 0.290. The zero-order chi connectivity index (χ0) is 24.5. The molecule has 1 saturated heterocycles. The molecule has 182 valence electrons. The Bertz CT molecular complexity index is 1280. The summed E-state index contributed by atoms with van der Waals surface area (Å²) in [6.45, 7) is 4.30. The minimum atomic E-state index is 0.241. The summed E-state index contributed by atoms with van der Waals surface area (Å²) >= 11 is 1.61. The fourth-order valence-electron chi connectivity index (χ4n) is 5.78. The average molecular weight is 493 g/mol. The summed E-state index contributed by atoms with van der Waals surface area (Å²) in [5, 5.41) is 12.1. The molecule has 1 aromatic heterocycles. The third-order valence-corrected chi connectivity index (χ3v) is 8.43. The molecular formula is C31H32N4S. The van der Waals surface area contributed by atoms with E-state index in [2.05, 4.69) is 103 Å². The van der Waals surface area contributed by atoms with E-state index in [1.54, 1.807) is 11.3 Å². The number of aromatic nitrogens is 1. The molecule has 2 heterocycles. The molecule has 36 heavy (non-hydrogen) atoms. The van der Waals surface area contributed by atoms with E-state index in [9.17, 15) is 0 Å². The minimum absolute atomic E-state index is 0.241. The summed E-state index contributed by atoms with van der Waals surface area (Å²) in [4.78, 5) is 4.82. The van der Waals surface area contributed by atoms with E-state index < -0.39 is 0 Å². The van der Waals surface area contributed by atoms with Crippen LogP contribution in [0.1, 0.15) is 53.6 Å². The molecule has 3 aromatic carbocycles. The van der Waals surface area contributed by atoms with Crippen LogP contribution in [0.5, 0.6) is 0 Å². The second kappa shape index (κ2) is 10.00. The van der Waals surface area contributed by atoms with E-state index >= 15 is 0 Å². The monoisotopic (exact) mass is 492 g/mol. The molecule has 2 bridgehead atoms. The maximum Gasteiger partial charge on any atom is 0.203 e. The zero-order valence-corrected chi connectivity index (χ0v) is 21.6. The lowest BCUT2D eigenvalue weighted by Gasteiger charge is -2.47. The minimum Gasteiger partial charge on any atom is -0.302 e. The van der Waals surface area contributed by atoms with Crippen molar-refractivity contribution in [1.29, 1.82) is 0 Å². The molecule has 2 fully saturated rings. The Morgan fingerprint density at radius 3 is 1.97 bits per heavy atom. The first-order valence-corrected chi connectivity index (χ1v) is 13.8. The molecule has 0 spiro atoms. The van der Waals surface area contributed by atoms with Gasteiger partial charge in [-0.15, -0.1) is 11.3 Å². The molecule has 2 aliphatic rings. The van der Waals surface area contributed by atoms with E-state index in [1.165, 1.54) is 34.4 Å². The van der Waals surface area contributed by atoms with Gasteiger partial charge in [0.25, 0.3) is 0 Å². The van der Waals surface area contributed by atoms with Crippen LogP contribution in [-0.2, 0) is 0 Å². The third kappa shape index (κ3) is 4.61. The van der Waals surface area contributed by atoms with Crippen molar-refractivity contribution in [2.45, 2.75) is 45.2 Å². The second-order valence-corrected chi connectivity index (χ2v) is 11.0. The smallest absolute Gasteiger partial charge is 0.203 e. The van der Waals surface area contributed by atoms with Gasteiger partial charge >= 0.3 is 0 Å². The largest absolute Gasteiger partial charge is 0.302 e. The average Bonchev–Trinajstić information content (AvgIpc) is 3.39. The number of fused-ring (bicyclic) bond motifs is 2. The highest BCUT2D eigenvalue weighted by molar-refractivity contribution is 7.14. The predicted octanol–water partition coefficient (Wildman–Crippen LogP) is 7.70. The Hall–Kier alpha value is -3.28. The van der Waals surface area contributed by atoms with Crippen molar-refractivity contribution in [3.63, 3.8) is 0 Å². The molecule has 4 nitrogen and oxygen atoms in total. The van der Waals surface area contributed by atoms with Gasteiger partial charge in [0.05, 0.1) is 5.69 Å². The van der Waals surface area contributed by atoms with Crippen LogP contribution in [0.15, 0.2) is 89.3 Å². The van der Waals surface area contributed by atoms with Gasteiger partial charge in [0.15, 0.2) is 0 Å². The topological polar surface area (TPSA) is 49.3 Å². The van der Waals surface area contributed by atoms with Crippen molar-refractivity contribution in [2.75, 3.05) is 5.43 Å². The molecule has 5 heteroatoms. The number of aryl methyl sites for hydroxylation is 2. The summed E-state index contributed by atoms with van der Waals surface area (Å²) < 4.78 is 0. The number of benzene rings is 3. The molecule has 0 radical (unpaired) electrons. The van der Waals surface area contributed by atoms with E-state index in [1.807, 2.05) is 6.07 Å². The van der Waals surface area contributed by atoms with Crippen LogP contribution in [-0.4, -0.2) is 10.7 Å². The molecule has 1 saturated carbocycles. The third-order valence-electron chi connectivity index (χ3n) is 7.68. The Balaban J connectivity index is 1.35. The van der Waals surface area contributed by atoms with Crippen LogP contribution in [0.25, 0.3) is 11.3 Å². The number of hydrazone groups is 1. The van der Waals surface area contributed by atoms with Crippen LogP contribution in [0.4, 0.5) is 5.13 Å². The molecule has 1 aliphatic carbocycles. The van der Waals surface area contributed by atoms with Gasteiger partial charge < -0.3 is 5.32 Å². The molecule has 1 aliphatic heterocycles. The van der Waals surface area contributed by atoms with Crippen molar-refractivity contribution >= 4 is 22.2 Å². The van der Waals surface area contributed by atoms with Crippen molar-refractivity contribution < 1.29 is 0 Å². The van der Waals surface area contributed by atoms with E-state index in [0.717, 1.165) is 29.2 Å². The molecule has 6 rings (SSSR count). The first-order valence-electron chi connectivity index (χ1n) is 12.9. The Labute approximate surface area is 217 Å². The van der Waals surface area contributed by atoms with Crippen LogP contribution in [0.3, 0.4) is 0 Å². The van der Waals surface area contributed by atoms with Crippen LogP contribution < -0.4 is 10.7 Å². The number of anilines is 1. The van der Waals surface area contributed by atoms with Gasteiger partial charge in [-0.2, -0.15) is 5.10 Å². The number of thiazole rings is 1. The molecule has 4 atom stereocenters. The van der Waals surface area contributed by atoms with Gasteiger partial charge in [0, 0.05) is 40.6 Å². The number of hydrogen-bond acceptors (Lipinski definition) is 5. The highest BCUT2D eigenvalue weighted by Crippen LogP contribution is 2.46. The van der Waals surface area contributed by atoms with Crippen molar-refractivity contribution in [1.82, 2.24) is 10.3 Å². The lowest BCUT2D eigenvalue weighted by molar-refractivity contribution is 0.233. The molecule has 2 N–H and O–H groups in total. The summed E-state index contributed by atoms with van der Waals surface area (Å²) in [6, 6.07) is 28.8. The van der Waals surface area contributed by atoms with Crippen molar-refractivity contribution in [3.8, 4) is 11.3 Å². The maximum absolute atomic E-state index is 5.11. The normalized spacial score (nSPS) is 24.6. The first kappa shape index (κ1) is 23.1. The van der Waals surface area contributed by atoms with E-state index in [4.69, 9.17) is 10.1 Å². The number of hydrogen-bond donors (Lipinski definition) is 2. The Morgan fingerprint density at radius 1 is 0.806 bits per heavy atom. The summed E-state index contributed by atoms with van der Waals surface area (Å²) in [5.74, 6) is 0.739. The van der Waals surface area contributed by atoms with Crippen LogP contribution in [0.2, 0.25) is 0 Å². The number of piperidine rings is 1. The fourth-order valence-corrected chi connectivity index (χ4v) is 6.44. The van der Waals surface area contributed by atoms with Crippen molar-refractivity contribution in [2.24, 2.45) is 16.9 Å². The van der Waals surface area contributed by atoms with Crippen LogP contribution in [0, 0.1) is 25.7 Å². The van der Waals surface area contributed by atoms with Crippen molar-refractivity contribution in [3.05, 3.63) is 106 Å². The van der Waals surface area contributed by atoms with Gasteiger partial charge in [-0.25, -0.2) is 4.98 Å². The SMILES string of the molecule is Cc1ccc([C@H]2N[C@@H](c3ccc(C)cc3)C3CCCC2C3=NNc2nc(-c3ccccc3)cs2)cc1. The summed E-state index contributed by atoms with van der Waals surface area (Å²) in [5.41, 5.74) is 12.0.